The van der Waals surface area contributed by atoms with E-state index in [0.717, 1.165) is 17.1 Å². The van der Waals surface area contributed by atoms with Crippen LogP contribution < -0.4 is 14.8 Å². The van der Waals surface area contributed by atoms with Crippen LogP contribution in [0.3, 0.4) is 0 Å². The van der Waals surface area contributed by atoms with E-state index in [2.05, 4.69) is 11.4 Å². The molecular weight excluding hydrogens is 192 g/mol. The molecule has 1 aromatic carbocycles. The molecule has 1 aromatic rings. The minimum absolute atomic E-state index is 0.143. The van der Waals surface area contributed by atoms with Gasteiger partial charge in [0.15, 0.2) is 11.5 Å². The lowest BCUT2D eigenvalue weighted by molar-refractivity contribution is 0.174. The highest BCUT2D eigenvalue weighted by atomic mass is 16.7. The smallest absolute Gasteiger partial charge is 0.231 e. The van der Waals surface area contributed by atoms with E-state index in [1.807, 2.05) is 25.1 Å². The van der Waals surface area contributed by atoms with Crippen LogP contribution in [0.5, 0.6) is 11.5 Å². The summed E-state index contributed by atoms with van der Waals surface area (Å²) in [5.74, 6) is 1.56. The lowest BCUT2D eigenvalue weighted by Crippen LogP contribution is -2.23. The van der Waals surface area contributed by atoms with Gasteiger partial charge < -0.3 is 9.47 Å². The van der Waals surface area contributed by atoms with Crippen molar-refractivity contribution in [3.05, 3.63) is 23.8 Å². The zero-order valence-corrected chi connectivity index (χ0v) is 8.49. The van der Waals surface area contributed by atoms with Crippen molar-refractivity contribution in [2.24, 2.45) is 0 Å². The minimum atomic E-state index is -0.143. The summed E-state index contributed by atoms with van der Waals surface area (Å²) in [6.07, 6.45) is 0. The molecule has 4 nitrogen and oxygen atoms in total. The van der Waals surface area contributed by atoms with Crippen LogP contribution in [-0.4, -0.2) is 12.8 Å². The lowest BCUT2D eigenvalue weighted by atomic mass is 10.2. The van der Waals surface area contributed by atoms with Crippen LogP contribution in [-0.2, 0) is 6.54 Å². The molecule has 1 aliphatic heterocycles. The van der Waals surface area contributed by atoms with E-state index in [4.69, 9.17) is 14.7 Å². The van der Waals surface area contributed by atoms with Gasteiger partial charge in [-0.05, 0) is 24.6 Å². The van der Waals surface area contributed by atoms with Gasteiger partial charge in [-0.1, -0.05) is 6.07 Å². The summed E-state index contributed by atoms with van der Waals surface area (Å²) in [5.41, 5.74) is 1.08. The Bertz CT molecular complexity index is 398. The number of nitriles is 1. The van der Waals surface area contributed by atoms with Gasteiger partial charge in [-0.2, -0.15) is 5.26 Å². The number of nitrogens with zero attached hydrogens (tertiary/aromatic N) is 1. The van der Waals surface area contributed by atoms with Crippen LogP contribution in [0, 0.1) is 11.3 Å². The van der Waals surface area contributed by atoms with Crippen molar-refractivity contribution in [2.45, 2.75) is 19.5 Å². The molecule has 1 unspecified atom stereocenters. The Morgan fingerprint density at radius 1 is 1.47 bits per heavy atom. The fourth-order valence-corrected chi connectivity index (χ4v) is 1.37. The maximum absolute atomic E-state index is 8.61. The van der Waals surface area contributed by atoms with E-state index in [1.54, 1.807) is 0 Å². The van der Waals surface area contributed by atoms with Gasteiger partial charge in [0.1, 0.15) is 0 Å². The van der Waals surface area contributed by atoms with Crippen molar-refractivity contribution in [2.75, 3.05) is 6.79 Å². The molecule has 4 heteroatoms. The fraction of sp³-hybridized carbons (Fsp3) is 0.364. The molecule has 2 rings (SSSR count). The van der Waals surface area contributed by atoms with Crippen LogP contribution in [0.25, 0.3) is 0 Å². The van der Waals surface area contributed by atoms with Gasteiger partial charge in [-0.25, -0.2) is 0 Å². The first-order chi connectivity index (χ1) is 7.29. The molecule has 0 aromatic heterocycles. The maximum Gasteiger partial charge on any atom is 0.231 e. The van der Waals surface area contributed by atoms with Gasteiger partial charge in [0.2, 0.25) is 6.79 Å². The number of fused-ring (bicyclic) bond motifs is 1. The first kappa shape index (κ1) is 9.81. The molecule has 0 spiro atoms. The van der Waals surface area contributed by atoms with E-state index in [9.17, 15) is 0 Å². The number of benzene rings is 1. The van der Waals surface area contributed by atoms with E-state index in [0.29, 0.717) is 13.3 Å². The van der Waals surface area contributed by atoms with Gasteiger partial charge >= 0.3 is 0 Å². The van der Waals surface area contributed by atoms with E-state index < -0.39 is 0 Å². The molecule has 0 bridgehead atoms. The predicted octanol–water partition coefficient (Wildman–Crippen LogP) is 1.42. The second-order valence-electron chi connectivity index (χ2n) is 3.42. The number of rotatable bonds is 3. The predicted molar refractivity (Wildman–Crippen MR) is 54.5 cm³/mol. The summed E-state index contributed by atoms with van der Waals surface area (Å²) in [5, 5.41) is 11.7. The van der Waals surface area contributed by atoms with Gasteiger partial charge in [0, 0.05) is 6.54 Å². The Balaban J connectivity index is 2.01. The third kappa shape index (κ3) is 2.20. The van der Waals surface area contributed by atoms with Crippen LogP contribution in [0.15, 0.2) is 18.2 Å². The third-order valence-corrected chi connectivity index (χ3v) is 2.24. The monoisotopic (exact) mass is 204 g/mol. The standard InChI is InChI=1S/C11H12N2O2/c1-8(5-12)13-6-9-2-3-10-11(4-9)15-7-14-10/h2-4,8,13H,6-7H2,1H3. The zero-order valence-electron chi connectivity index (χ0n) is 8.49. The first-order valence-corrected chi connectivity index (χ1v) is 4.81. The minimum Gasteiger partial charge on any atom is -0.454 e. The molecule has 0 amide bonds. The molecule has 0 saturated heterocycles. The van der Waals surface area contributed by atoms with Gasteiger partial charge in [-0.15, -0.1) is 0 Å². The van der Waals surface area contributed by atoms with Gasteiger partial charge in [0.05, 0.1) is 12.1 Å². The van der Waals surface area contributed by atoms with Crippen LogP contribution in [0.2, 0.25) is 0 Å². The fourth-order valence-electron chi connectivity index (χ4n) is 1.37. The Labute approximate surface area is 88.4 Å². The molecule has 0 saturated carbocycles. The SMILES string of the molecule is CC(C#N)NCc1ccc2c(c1)OCO2. The number of hydrogen-bond acceptors (Lipinski definition) is 4. The number of nitrogens with one attached hydrogen (secondary N) is 1. The molecular formula is C11H12N2O2. The van der Waals surface area contributed by atoms with Gasteiger partial charge in [0.25, 0.3) is 0 Å². The normalized spacial score (nSPS) is 14.7. The Morgan fingerprint density at radius 3 is 3.07 bits per heavy atom. The van der Waals surface area contributed by atoms with Crippen molar-refractivity contribution < 1.29 is 9.47 Å². The Kier molecular flexibility index (Phi) is 2.75. The molecule has 0 radical (unpaired) electrons. The second kappa shape index (κ2) is 4.20. The maximum atomic E-state index is 8.61. The first-order valence-electron chi connectivity index (χ1n) is 4.81. The number of ether oxygens (including phenoxy) is 2. The molecule has 15 heavy (non-hydrogen) atoms. The van der Waals surface area contributed by atoms with Gasteiger partial charge in [-0.3, -0.25) is 5.32 Å². The van der Waals surface area contributed by atoms with E-state index in [1.165, 1.54) is 0 Å². The summed E-state index contributed by atoms with van der Waals surface area (Å²) in [7, 11) is 0. The largest absolute Gasteiger partial charge is 0.454 e. The highest BCUT2D eigenvalue weighted by Crippen LogP contribution is 2.32. The van der Waals surface area contributed by atoms with E-state index in [-0.39, 0.29) is 6.04 Å². The average Bonchev–Trinajstić information content (AvgIpc) is 2.72. The van der Waals surface area contributed by atoms with Crippen molar-refractivity contribution in [1.29, 1.82) is 5.26 Å². The average molecular weight is 204 g/mol. The van der Waals surface area contributed by atoms with Crippen molar-refractivity contribution in [3.8, 4) is 17.6 Å². The molecule has 78 valence electrons. The summed E-state index contributed by atoms with van der Waals surface area (Å²) < 4.78 is 10.5. The second-order valence-corrected chi connectivity index (χ2v) is 3.42. The van der Waals surface area contributed by atoms with Crippen LogP contribution >= 0.6 is 0 Å². The summed E-state index contributed by atoms with van der Waals surface area (Å²) in [6, 6.07) is 7.76. The molecule has 0 fully saturated rings. The summed E-state index contributed by atoms with van der Waals surface area (Å²) in [4.78, 5) is 0. The van der Waals surface area contributed by atoms with Crippen LogP contribution in [0.4, 0.5) is 0 Å². The summed E-state index contributed by atoms with van der Waals surface area (Å²) >= 11 is 0. The topological polar surface area (TPSA) is 54.3 Å². The molecule has 1 atom stereocenters. The van der Waals surface area contributed by atoms with Crippen molar-refractivity contribution in [1.82, 2.24) is 5.32 Å². The highest BCUT2D eigenvalue weighted by molar-refractivity contribution is 5.44. The van der Waals surface area contributed by atoms with Crippen LogP contribution in [0.1, 0.15) is 12.5 Å². The molecule has 1 heterocycles. The zero-order chi connectivity index (χ0) is 10.7. The Hall–Kier alpha value is -1.73. The summed E-state index contributed by atoms with van der Waals surface area (Å²) in [6.45, 7) is 2.78. The lowest BCUT2D eigenvalue weighted by Gasteiger charge is -2.06. The molecule has 1 aliphatic rings. The number of hydrogen-bond donors (Lipinski definition) is 1. The molecule has 1 N–H and O–H groups in total. The van der Waals surface area contributed by atoms with Crippen molar-refractivity contribution >= 4 is 0 Å². The van der Waals surface area contributed by atoms with E-state index >= 15 is 0 Å². The highest BCUT2D eigenvalue weighted by Gasteiger charge is 2.13. The van der Waals surface area contributed by atoms with Crippen molar-refractivity contribution in [3.63, 3.8) is 0 Å². The molecule has 0 aliphatic carbocycles. The third-order valence-electron chi connectivity index (χ3n) is 2.24. The Morgan fingerprint density at radius 2 is 2.27 bits per heavy atom. The quantitative estimate of drug-likeness (QED) is 0.809.